The number of phenolic OH excluding ortho intramolecular Hbond substituents is 1. The second-order valence-corrected chi connectivity index (χ2v) is 9.93. The number of rotatable bonds is 2. The van der Waals surface area contributed by atoms with E-state index >= 15 is 0 Å². The van der Waals surface area contributed by atoms with E-state index in [-0.39, 0.29) is 53.7 Å². The van der Waals surface area contributed by atoms with Gasteiger partial charge in [0.2, 0.25) is 11.7 Å². The van der Waals surface area contributed by atoms with Crippen molar-refractivity contribution in [3.05, 3.63) is 41.3 Å². The maximum atomic E-state index is 13.2. The Balaban J connectivity index is 1.76. The van der Waals surface area contributed by atoms with Crippen LogP contribution in [0.3, 0.4) is 0 Å². The second-order valence-electron chi connectivity index (χ2n) is 9.93. The van der Waals surface area contributed by atoms with E-state index in [1.807, 2.05) is 13.8 Å². The molecule has 2 bridgehead atoms. The van der Waals surface area contributed by atoms with Gasteiger partial charge in [-0.05, 0) is 44.2 Å². The standard InChI is InChI=1S/C27H37N5O7/c1-17(2)22-15-23(39-30-22)27(37)32-10-6-5-9-31(4)26(36)18(3)29-24(34)16-38-21-13-19(12-20(33)14-21)25(35)28-8-7-11-32/h12-15,17-18,33H,5-11,16H2,1-4H3,(H,28,35)(H,29,34)/t18-/m0/s1. The highest BCUT2D eigenvalue weighted by Gasteiger charge is 2.23. The Bertz CT molecular complexity index is 1180. The number of carbonyl (C=O) groups is 4. The van der Waals surface area contributed by atoms with Crippen molar-refractivity contribution in [1.29, 1.82) is 0 Å². The van der Waals surface area contributed by atoms with E-state index in [0.717, 1.165) is 0 Å². The molecule has 0 unspecified atom stereocenters. The third kappa shape index (κ3) is 8.45. The molecular weight excluding hydrogens is 506 g/mol. The lowest BCUT2D eigenvalue weighted by molar-refractivity contribution is -0.135. The minimum absolute atomic E-state index is 0.114. The number of carbonyl (C=O) groups excluding carboxylic acids is 4. The van der Waals surface area contributed by atoms with Gasteiger partial charge in [-0.15, -0.1) is 0 Å². The molecule has 0 spiro atoms. The summed E-state index contributed by atoms with van der Waals surface area (Å²) in [6, 6.07) is 4.86. The predicted molar refractivity (Wildman–Crippen MR) is 142 cm³/mol. The van der Waals surface area contributed by atoms with Crippen LogP contribution in [0, 0.1) is 0 Å². The zero-order valence-corrected chi connectivity index (χ0v) is 22.9. The number of hydrogen-bond acceptors (Lipinski definition) is 8. The van der Waals surface area contributed by atoms with Crippen LogP contribution in [0.5, 0.6) is 11.5 Å². The first-order chi connectivity index (χ1) is 18.5. The summed E-state index contributed by atoms with van der Waals surface area (Å²) in [5, 5.41) is 19.4. The Morgan fingerprint density at radius 1 is 1.08 bits per heavy atom. The fraction of sp³-hybridized carbons (Fsp3) is 0.519. The first-order valence-corrected chi connectivity index (χ1v) is 13.1. The lowest BCUT2D eigenvalue weighted by Crippen LogP contribution is -2.47. The van der Waals surface area contributed by atoms with Crippen LogP contribution in [0.1, 0.15) is 72.6 Å². The molecule has 0 fully saturated rings. The van der Waals surface area contributed by atoms with Gasteiger partial charge in [-0.1, -0.05) is 19.0 Å². The van der Waals surface area contributed by atoms with Crippen LogP contribution in [0.4, 0.5) is 0 Å². The Hall–Kier alpha value is -4.09. The molecule has 3 rings (SSSR count). The molecule has 39 heavy (non-hydrogen) atoms. The van der Waals surface area contributed by atoms with Crippen LogP contribution in [0.25, 0.3) is 0 Å². The van der Waals surface area contributed by atoms with Crippen molar-refractivity contribution in [2.45, 2.75) is 52.0 Å². The quantitative estimate of drug-likeness (QED) is 0.519. The molecule has 0 aliphatic carbocycles. The Morgan fingerprint density at radius 3 is 2.51 bits per heavy atom. The van der Waals surface area contributed by atoms with E-state index in [1.54, 1.807) is 29.8 Å². The maximum absolute atomic E-state index is 13.2. The summed E-state index contributed by atoms with van der Waals surface area (Å²) in [6.45, 7) is 6.62. The minimum Gasteiger partial charge on any atom is -0.508 e. The van der Waals surface area contributed by atoms with Gasteiger partial charge < -0.3 is 34.8 Å². The van der Waals surface area contributed by atoms with Crippen LogP contribution in [0.2, 0.25) is 0 Å². The summed E-state index contributed by atoms with van der Waals surface area (Å²) in [5.74, 6) is -1.31. The number of phenols is 1. The van der Waals surface area contributed by atoms with Crippen LogP contribution in [-0.2, 0) is 9.59 Å². The molecule has 2 heterocycles. The second kappa shape index (κ2) is 13.6. The number of aromatic hydroxyl groups is 1. The molecule has 1 aromatic carbocycles. The Labute approximate surface area is 227 Å². The highest BCUT2D eigenvalue weighted by Crippen LogP contribution is 2.22. The van der Waals surface area contributed by atoms with Crippen molar-refractivity contribution in [2.75, 3.05) is 39.8 Å². The SMILES string of the molecule is CC(C)c1cc(C(=O)N2CCCCN(C)C(=O)[C@H](C)NC(=O)COc3cc(O)cc(c3)C(=O)NCCC2)on1. The number of ether oxygens (including phenoxy) is 1. The molecule has 1 aromatic heterocycles. The van der Waals surface area contributed by atoms with Gasteiger partial charge >= 0.3 is 0 Å². The summed E-state index contributed by atoms with van der Waals surface area (Å²) >= 11 is 0. The number of hydrogen-bond donors (Lipinski definition) is 3. The van der Waals surface area contributed by atoms with E-state index < -0.39 is 17.9 Å². The highest BCUT2D eigenvalue weighted by molar-refractivity contribution is 5.95. The van der Waals surface area contributed by atoms with E-state index in [2.05, 4.69) is 15.8 Å². The molecule has 212 valence electrons. The molecule has 0 radical (unpaired) electrons. The number of likely N-dealkylation sites (N-methyl/N-ethyl adjacent to an activating group) is 1. The first kappa shape index (κ1) is 29.5. The lowest BCUT2D eigenvalue weighted by Gasteiger charge is -2.24. The van der Waals surface area contributed by atoms with Gasteiger partial charge in [0.15, 0.2) is 6.61 Å². The normalized spacial score (nSPS) is 18.8. The molecule has 0 saturated carbocycles. The summed E-state index contributed by atoms with van der Waals surface area (Å²) in [4.78, 5) is 54.1. The topological polar surface area (TPSA) is 154 Å². The van der Waals surface area contributed by atoms with Gasteiger partial charge in [-0.3, -0.25) is 19.2 Å². The average Bonchev–Trinajstić information content (AvgIpc) is 3.40. The summed E-state index contributed by atoms with van der Waals surface area (Å²) < 4.78 is 10.7. The number of nitrogens with one attached hydrogen (secondary N) is 2. The van der Waals surface area contributed by atoms with Gasteiger partial charge in [-0.25, -0.2) is 0 Å². The van der Waals surface area contributed by atoms with Gasteiger partial charge in [0.1, 0.15) is 17.5 Å². The first-order valence-electron chi connectivity index (χ1n) is 13.1. The Morgan fingerprint density at radius 2 is 1.79 bits per heavy atom. The largest absolute Gasteiger partial charge is 0.508 e. The highest BCUT2D eigenvalue weighted by atomic mass is 16.5. The third-order valence-electron chi connectivity index (χ3n) is 6.33. The molecule has 0 saturated heterocycles. The summed E-state index contributed by atoms with van der Waals surface area (Å²) in [7, 11) is 1.66. The van der Waals surface area contributed by atoms with Crippen molar-refractivity contribution in [3.8, 4) is 11.5 Å². The lowest BCUT2D eigenvalue weighted by atomic mass is 10.1. The molecule has 3 N–H and O–H groups in total. The van der Waals surface area contributed by atoms with Gasteiger partial charge in [0.25, 0.3) is 17.7 Å². The van der Waals surface area contributed by atoms with E-state index in [0.29, 0.717) is 44.6 Å². The van der Waals surface area contributed by atoms with E-state index in [1.165, 1.54) is 18.2 Å². The molecule has 2 aromatic rings. The van der Waals surface area contributed by atoms with Crippen molar-refractivity contribution >= 4 is 23.6 Å². The molecule has 1 aliphatic heterocycles. The van der Waals surface area contributed by atoms with Crippen LogP contribution in [0.15, 0.2) is 28.8 Å². The van der Waals surface area contributed by atoms with Crippen molar-refractivity contribution in [3.63, 3.8) is 0 Å². The zero-order valence-electron chi connectivity index (χ0n) is 22.9. The molecular formula is C27H37N5O7. The van der Waals surface area contributed by atoms with Crippen LogP contribution >= 0.6 is 0 Å². The Kier molecular flexibility index (Phi) is 10.3. The van der Waals surface area contributed by atoms with Gasteiger partial charge in [-0.2, -0.15) is 0 Å². The molecule has 12 nitrogen and oxygen atoms in total. The van der Waals surface area contributed by atoms with Crippen molar-refractivity contribution < 1.29 is 33.5 Å². The number of fused-ring (bicyclic) bond motifs is 2. The smallest absolute Gasteiger partial charge is 0.292 e. The van der Waals surface area contributed by atoms with Crippen molar-refractivity contribution in [1.82, 2.24) is 25.6 Å². The molecule has 12 heteroatoms. The van der Waals surface area contributed by atoms with Crippen LogP contribution in [-0.4, -0.2) is 89.6 Å². The number of aromatic nitrogens is 1. The maximum Gasteiger partial charge on any atom is 0.292 e. The van der Waals surface area contributed by atoms with Crippen molar-refractivity contribution in [2.24, 2.45) is 0 Å². The summed E-state index contributed by atoms with van der Waals surface area (Å²) in [5.41, 5.74) is 0.843. The fourth-order valence-electron chi connectivity index (χ4n) is 4.09. The number of amides is 4. The number of nitrogens with zero attached hydrogens (tertiary/aromatic N) is 3. The summed E-state index contributed by atoms with van der Waals surface area (Å²) in [6.07, 6.45) is 1.74. The third-order valence-corrected chi connectivity index (χ3v) is 6.33. The fourth-order valence-corrected chi connectivity index (χ4v) is 4.09. The number of benzene rings is 1. The van der Waals surface area contributed by atoms with Crippen LogP contribution < -0.4 is 15.4 Å². The zero-order chi connectivity index (χ0) is 28.5. The minimum atomic E-state index is -0.776. The predicted octanol–water partition coefficient (Wildman–Crippen LogP) is 1.90. The molecule has 1 aliphatic rings. The van der Waals surface area contributed by atoms with E-state index in [9.17, 15) is 24.3 Å². The van der Waals surface area contributed by atoms with Gasteiger partial charge in [0.05, 0.1) is 5.69 Å². The molecule has 1 atom stereocenters. The molecule has 4 amide bonds. The monoisotopic (exact) mass is 543 g/mol. The van der Waals surface area contributed by atoms with Gasteiger partial charge in [0, 0.05) is 50.9 Å². The van der Waals surface area contributed by atoms with E-state index in [4.69, 9.17) is 9.26 Å². The average molecular weight is 544 g/mol.